The van der Waals surface area contributed by atoms with Gasteiger partial charge in [-0.1, -0.05) is 41.9 Å². The number of ether oxygens (including phenoxy) is 2. The summed E-state index contributed by atoms with van der Waals surface area (Å²) in [6.45, 7) is 0. The average Bonchev–Trinajstić information content (AvgIpc) is 2.73. The highest BCUT2D eigenvalue weighted by atomic mass is 35.5. The van der Waals surface area contributed by atoms with Crippen LogP contribution in [0.3, 0.4) is 0 Å². The van der Waals surface area contributed by atoms with Gasteiger partial charge in [0, 0.05) is 5.02 Å². The maximum Gasteiger partial charge on any atom is 0.343 e. The number of hydrogen-bond acceptors (Lipinski definition) is 4. The van der Waals surface area contributed by atoms with Gasteiger partial charge in [0.1, 0.15) is 11.5 Å². The van der Waals surface area contributed by atoms with Crippen LogP contribution in [0.1, 0.15) is 21.5 Å². The lowest BCUT2D eigenvalue weighted by Crippen LogP contribution is -2.08. The Morgan fingerprint density at radius 3 is 2.36 bits per heavy atom. The molecule has 0 unspecified atom stereocenters. The molecular formula is C23H16ClNO3. The quantitative estimate of drug-likeness (QED) is 0.245. The topological polar surface area (TPSA) is 59.3 Å². The number of carbonyl (C=O) groups excluding carboxylic acids is 1. The van der Waals surface area contributed by atoms with Crippen LogP contribution in [0, 0.1) is 11.3 Å². The number of nitrogens with zero attached hydrogens (tertiary/aromatic N) is 1. The number of carbonyl (C=O) groups is 1. The molecule has 0 aliphatic heterocycles. The summed E-state index contributed by atoms with van der Waals surface area (Å²) < 4.78 is 10.5. The minimum atomic E-state index is -0.473. The molecule has 0 aliphatic rings. The average molecular weight is 390 g/mol. The SMILES string of the molecule is COc1cccc(C(=O)Oc2ccc(/C=C(/C#N)c3cccc(Cl)c3)cc2)c1. The van der Waals surface area contributed by atoms with E-state index < -0.39 is 5.97 Å². The van der Waals surface area contributed by atoms with Gasteiger partial charge in [-0.05, 0) is 59.7 Å². The molecule has 0 saturated heterocycles. The second-order valence-electron chi connectivity index (χ2n) is 5.87. The van der Waals surface area contributed by atoms with Crippen molar-refractivity contribution in [1.29, 1.82) is 5.26 Å². The Bertz CT molecular complexity index is 1070. The predicted octanol–water partition coefficient (Wildman–Crippen LogP) is 5.63. The van der Waals surface area contributed by atoms with Gasteiger partial charge in [-0.25, -0.2) is 4.79 Å². The Labute approximate surface area is 168 Å². The first kappa shape index (κ1) is 19.2. The fourth-order valence-corrected chi connectivity index (χ4v) is 2.74. The van der Waals surface area contributed by atoms with Gasteiger partial charge in [0.25, 0.3) is 0 Å². The summed E-state index contributed by atoms with van der Waals surface area (Å²) in [5.74, 6) is 0.519. The fraction of sp³-hybridized carbons (Fsp3) is 0.0435. The van der Waals surface area contributed by atoms with E-state index in [1.807, 2.05) is 6.07 Å². The van der Waals surface area contributed by atoms with Crippen LogP contribution in [0.25, 0.3) is 11.6 Å². The summed E-state index contributed by atoms with van der Waals surface area (Å²) in [6, 6.07) is 22.9. The van der Waals surface area contributed by atoms with Crippen LogP contribution < -0.4 is 9.47 Å². The van der Waals surface area contributed by atoms with Gasteiger partial charge < -0.3 is 9.47 Å². The maximum atomic E-state index is 12.3. The van der Waals surface area contributed by atoms with Crippen LogP contribution in [-0.2, 0) is 0 Å². The van der Waals surface area contributed by atoms with Crippen molar-refractivity contribution in [1.82, 2.24) is 0 Å². The minimum Gasteiger partial charge on any atom is -0.497 e. The van der Waals surface area contributed by atoms with Crippen LogP contribution in [-0.4, -0.2) is 13.1 Å². The first-order valence-electron chi connectivity index (χ1n) is 8.43. The third-order valence-corrected chi connectivity index (χ3v) is 4.20. The number of esters is 1. The Balaban J connectivity index is 1.75. The molecule has 0 N–H and O–H groups in total. The summed E-state index contributed by atoms with van der Waals surface area (Å²) in [6.07, 6.45) is 1.75. The minimum absolute atomic E-state index is 0.399. The number of allylic oxidation sites excluding steroid dienone is 1. The van der Waals surface area contributed by atoms with E-state index in [9.17, 15) is 10.1 Å². The van der Waals surface area contributed by atoms with E-state index in [-0.39, 0.29) is 0 Å². The molecule has 3 rings (SSSR count). The molecule has 5 heteroatoms. The van der Waals surface area contributed by atoms with Gasteiger partial charge in [0.15, 0.2) is 0 Å². The zero-order valence-electron chi connectivity index (χ0n) is 15.1. The molecule has 3 aromatic carbocycles. The van der Waals surface area contributed by atoms with Crippen molar-refractivity contribution >= 4 is 29.2 Å². The van der Waals surface area contributed by atoms with E-state index in [0.717, 1.165) is 11.1 Å². The molecular weight excluding hydrogens is 374 g/mol. The second kappa shape index (κ2) is 8.90. The first-order chi connectivity index (χ1) is 13.6. The molecule has 28 heavy (non-hydrogen) atoms. The van der Waals surface area contributed by atoms with Crippen LogP contribution in [0.5, 0.6) is 11.5 Å². The molecule has 0 heterocycles. The highest BCUT2D eigenvalue weighted by Crippen LogP contribution is 2.23. The standard InChI is InChI=1S/C23H16ClNO3/c1-27-22-7-3-5-18(14-22)23(26)28-21-10-8-16(9-11-21)12-19(15-25)17-4-2-6-20(24)13-17/h2-14H,1H3/b19-12-. The van der Waals surface area contributed by atoms with E-state index in [0.29, 0.717) is 27.7 Å². The Morgan fingerprint density at radius 2 is 1.68 bits per heavy atom. The first-order valence-corrected chi connectivity index (χ1v) is 8.81. The van der Waals surface area contributed by atoms with E-state index in [1.54, 1.807) is 72.8 Å². The van der Waals surface area contributed by atoms with E-state index in [4.69, 9.17) is 21.1 Å². The molecule has 0 atom stereocenters. The lowest BCUT2D eigenvalue weighted by molar-refractivity contribution is 0.0734. The fourth-order valence-electron chi connectivity index (χ4n) is 2.55. The van der Waals surface area contributed by atoms with Crippen LogP contribution in [0.4, 0.5) is 0 Å². The van der Waals surface area contributed by atoms with Crippen molar-refractivity contribution in [3.05, 3.63) is 94.5 Å². The number of nitriles is 1. The molecule has 0 aliphatic carbocycles. The van der Waals surface area contributed by atoms with Gasteiger partial charge in [-0.3, -0.25) is 0 Å². The zero-order valence-corrected chi connectivity index (χ0v) is 15.8. The van der Waals surface area contributed by atoms with Crippen molar-refractivity contribution in [2.45, 2.75) is 0 Å². The van der Waals surface area contributed by atoms with Crippen LogP contribution >= 0.6 is 11.6 Å². The van der Waals surface area contributed by atoms with Crippen molar-refractivity contribution < 1.29 is 14.3 Å². The molecule has 0 radical (unpaired) electrons. The number of hydrogen-bond donors (Lipinski definition) is 0. The van der Waals surface area contributed by atoms with Gasteiger partial charge in [-0.15, -0.1) is 0 Å². The monoisotopic (exact) mass is 389 g/mol. The number of rotatable bonds is 5. The summed E-state index contributed by atoms with van der Waals surface area (Å²) >= 11 is 5.99. The highest BCUT2D eigenvalue weighted by Gasteiger charge is 2.09. The lowest BCUT2D eigenvalue weighted by atomic mass is 10.0. The molecule has 0 fully saturated rings. The van der Waals surface area contributed by atoms with Crippen molar-refractivity contribution in [3.8, 4) is 17.6 Å². The smallest absolute Gasteiger partial charge is 0.343 e. The maximum absolute atomic E-state index is 12.3. The largest absolute Gasteiger partial charge is 0.497 e. The summed E-state index contributed by atoms with van der Waals surface area (Å²) in [5.41, 5.74) is 2.43. The third kappa shape index (κ3) is 4.79. The normalized spacial score (nSPS) is 10.8. The highest BCUT2D eigenvalue weighted by molar-refractivity contribution is 6.30. The molecule has 0 bridgehead atoms. The van der Waals surface area contributed by atoms with Gasteiger partial charge in [0.2, 0.25) is 0 Å². The molecule has 0 spiro atoms. The van der Waals surface area contributed by atoms with E-state index in [2.05, 4.69) is 6.07 Å². The van der Waals surface area contributed by atoms with E-state index >= 15 is 0 Å². The van der Waals surface area contributed by atoms with E-state index in [1.165, 1.54) is 7.11 Å². The summed E-state index contributed by atoms with van der Waals surface area (Å²) in [5, 5.41) is 10.0. The van der Waals surface area contributed by atoms with Crippen molar-refractivity contribution in [2.75, 3.05) is 7.11 Å². The Morgan fingerprint density at radius 1 is 0.964 bits per heavy atom. The molecule has 4 nitrogen and oxygen atoms in total. The molecule has 0 amide bonds. The second-order valence-corrected chi connectivity index (χ2v) is 6.31. The summed E-state index contributed by atoms with van der Waals surface area (Å²) in [7, 11) is 1.54. The van der Waals surface area contributed by atoms with Crippen LogP contribution in [0.2, 0.25) is 5.02 Å². The molecule has 3 aromatic rings. The molecule has 138 valence electrons. The number of methoxy groups -OCH3 is 1. The zero-order chi connectivity index (χ0) is 19.9. The number of benzene rings is 3. The van der Waals surface area contributed by atoms with Gasteiger partial charge in [-0.2, -0.15) is 5.26 Å². The molecule has 0 saturated carbocycles. The third-order valence-electron chi connectivity index (χ3n) is 3.96. The van der Waals surface area contributed by atoms with Gasteiger partial charge >= 0.3 is 5.97 Å². The van der Waals surface area contributed by atoms with Crippen molar-refractivity contribution in [3.63, 3.8) is 0 Å². The predicted molar refractivity (Wildman–Crippen MR) is 109 cm³/mol. The lowest BCUT2D eigenvalue weighted by Gasteiger charge is -2.06. The summed E-state index contributed by atoms with van der Waals surface area (Å²) in [4.78, 5) is 12.3. The van der Waals surface area contributed by atoms with Gasteiger partial charge in [0.05, 0.1) is 24.3 Å². The Hall–Kier alpha value is -3.55. The Kier molecular flexibility index (Phi) is 6.11. The van der Waals surface area contributed by atoms with Crippen molar-refractivity contribution in [2.24, 2.45) is 0 Å². The number of halogens is 1. The van der Waals surface area contributed by atoms with Crippen LogP contribution in [0.15, 0.2) is 72.8 Å². The molecule has 0 aromatic heterocycles.